The molecule has 0 bridgehead atoms. The highest BCUT2D eigenvalue weighted by molar-refractivity contribution is 5.67. The zero-order valence-corrected chi connectivity index (χ0v) is 17.3. The number of ether oxygens (including phenoxy) is 1. The molecular formula is C20H27N5O5. The molecule has 2 rings (SSSR count). The fourth-order valence-corrected chi connectivity index (χ4v) is 2.64. The van der Waals surface area contributed by atoms with Crippen LogP contribution in [0, 0.1) is 0 Å². The summed E-state index contributed by atoms with van der Waals surface area (Å²) in [6.07, 6.45) is 0.239. The minimum absolute atomic E-state index is 0.0404. The molecule has 0 atom stereocenters. The highest BCUT2D eigenvalue weighted by Gasteiger charge is 2.16. The minimum Gasteiger partial charge on any atom is -0.465 e. The van der Waals surface area contributed by atoms with Crippen molar-refractivity contribution in [3.8, 4) is 11.1 Å². The molecule has 1 aromatic carbocycles. The summed E-state index contributed by atoms with van der Waals surface area (Å²) in [7, 11) is 0. The van der Waals surface area contributed by atoms with E-state index in [-0.39, 0.29) is 24.6 Å². The molecule has 1 aromatic heterocycles. The molecule has 1 heterocycles. The van der Waals surface area contributed by atoms with E-state index in [1.807, 2.05) is 0 Å². The molecule has 0 radical (unpaired) electrons. The number of amides is 2. The van der Waals surface area contributed by atoms with Crippen LogP contribution in [0.2, 0.25) is 0 Å². The van der Waals surface area contributed by atoms with Gasteiger partial charge in [0.2, 0.25) is 0 Å². The first-order valence-corrected chi connectivity index (χ1v) is 9.44. The van der Waals surface area contributed by atoms with Crippen LogP contribution < -0.4 is 16.6 Å². The number of nitrogen functional groups attached to an aromatic ring is 1. The molecule has 0 unspecified atom stereocenters. The highest BCUT2D eigenvalue weighted by atomic mass is 16.6. The van der Waals surface area contributed by atoms with Gasteiger partial charge in [-0.15, -0.1) is 0 Å². The molecule has 162 valence electrons. The van der Waals surface area contributed by atoms with E-state index < -0.39 is 17.8 Å². The summed E-state index contributed by atoms with van der Waals surface area (Å²) < 4.78 is 5.13. The number of hydrogen-bond acceptors (Lipinski definition) is 6. The zero-order chi connectivity index (χ0) is 22.3. The Morgan fingerprint density at radius 2 is 1.93 bits per heavy atom. The van der Waals surface area contributed by atoms with E-state index in [4.69, 9.17) is 10.5 Å². The number of nitrogens with one attached hydrogen (secondary N) is 2. The highest BCUT2D eigenvalue weighted by Crippen LogP contribution is 2.16. The van der Waals surface area contributed by atoms with Crippen molar-refractivity contribution in [1.29, 1.82) is 0 Å². The lowest BCUT2D eigenvalue weighted by atomic mass is 10.1. The maximum atomic E-state index is 12.0. The maximum absolute atomic E-state index is 12.0. The molecule has 0 saturated carbocycles. The first kappa shape index (κ1) is 22.7. The van der Waals surface area contributed by atoms with E-state index in [9.17, 15) is 19.5 Å². The zero-order valence-electron chi connectivity index (χ0n) is 17.3. The number of nitrogens with two attached hydrogens (primary N) is 1. The van der Waals surface area contributed by atoms with Gasteiger partial charge in [0.05, 0.1) is 5.56 Å². The lowest BCUT2D eigenvalue weighted by Crippen LogP contribution is -2.35. The topological polar surface area (TPSA) is 151 Å². The molecule has 10 heteroatoms. The lowest BCUT2D eigenvalue weighted by Gasteiger charge is -2.21. The van der Waals surface area contributed by atoms with Gasteiger partial charge in [-0.1, -0.05) is 24.3 Å². The second-order valence-corrected chi connectivity index (χ2v) is 7.69. The molecule has 0 aliphatic rings. The second kappa shape index (κ2) is 9.77. The van der Waals surface area contributed by atoms with Crippen molar-refractivity contribution in [1.82, 2.24) is 20.2 Å². The largest absolute Gasteiger partial charge is 0.465 e. The van der Waals surface area contributed by atoms with Crippen LogP contribution in [0.4, 0.5) is 15.5 Å². The number of anilines is 1. The van der Waals surface area contributed by atoms with Gasteiger partial charge < -0.3 is 25.8 Å². The van der Waals surface area contributed by atoms with Gasteiger partial charge in [-0.2, -0.15) is 0 Å². The molecule has 2 amide bonds. The molecule has 0 aliphatic heterocycles. The first-order chi connectivity index (χ1) is 14.0. The van der Waals surface area contributed by atoms with Gasteiger partial charge in [0.25, 0.3) is 5.56 Å². The van der Waals surface area contributed by atoms with E-state index in [1.54, 1.807) is 45.0 Å². The fraction of sp³-hybridized carbons (Fsp3) is 0.400. The molecule has 30 heavy (non-hydrogen) atoms. The summed E-state index contributed by atoms with van der Waals surface area (Å²) >= 11 is 0. The number of aromatic amines is 1. The van der Waals surface area contributed by atoms with Crippen molar-refractivity contribution in [2.75, 3.05) is 18.8 Å². The lowest BCUT2D eigenvalue weighted by molar-refractivity contribution is 0.0526. The summed E-state index contributed by atoms with van der Waals surface area (Å²) in [5, 5.41) is 12.0. The van der Waals surface area contributed by atoms with Crippen molar-refractivity contribution >= 4 is 18.1 Å². The van der Waals surface area contributed by atoms with Gasteiger partial charge in [0.15, 0.2) is 5.95 Å². The predicted octanol–water partition coefficient (Wildman–Crippen LogP) is 2.41. The van der Waals surface area contributed by atoms with Crippen molar-refractivity contribution in [2.24, 2.45) is 0 Å². The molecule has 10 nitrogen and oxygen atoms in total. The number of carboxylic acid groups (broad SMARTS) is 1. The third-order valence-electron chi connectivity index (χ3n) is 4.00. The van der Waals surface area contributed by atoms with Crippen molar-refractivity contribution in [3.05, 3.63) is 46.4 Å². The third-order valence-corrected chi connectivity index (χ3v) is 4.00. The van der Waals surface area contributed by atoms with Gasteiger partial charge in [0, 0.05) is 25.8 Å². The van der Waals surface area contributed by atoms with Gasteiger partial charge in [0.1, 0.15) is 5.60 Å². The number of carbonyl (C=O) groups excluding carboxylic acids is 1. The fourth-order valence-electron chi connectivity index (χ4n) is 2.64. The second-order valence-electron chi connectivity index (χ2n) is 7.69. The Kier molecular flexibility index (Phi) is 7.40. The molecule has 0 spiro atoms. The van der Waals surface area contributed by atoms with Gasteiger partial charge in [-0.25, -0.2) is 14.6 Å². The smallest absolute Gasteiger partial charge is 0.407 e. The Morgan fingerprint density at radius 1 is 1.27 bits per heavy atom. The summed E-state index contributed by atoms with van der Waals surface area (Å²) in [6, 6.07) is 6.95. The van der Waals surface area contributed by atoms with Crippen LogP contribution in [0.5, 0.6) is 0 Å². The SMILES string of the molecule is CC(C)(C)OC(=O)NCCCN(Cc1ccc(-c2cnc(N)[nH]c2=O)cc1)C(=O)O. The van der Waals surface area contributed by atoms with E-state index in [0.29, 0.717) is 24.1 Å². The molecule has 0 aliphatic carbocycles. The predicted molar refractivity (Wildman–Crippen MR) is 112 cm³/mol. The molecule has 0 saturated heterocycles. The van der Waals surface area contributed by atoms with Crippen molar-refractivity contribution < 1.29 is 19.4 Å². The number of carbonyl (C=O) groups is 2. The van der Waals surface area contributed by atoms with Gasteiger partial charge in [-0.3, -0.25) is 9.78 Å². The van der Waals surface area contributed by atoms with Crippen LogP contribution in [-0.2, 0) is 11.3 Å². The molecule has 2 aromatic rings. The van der Waals surface area contributed by atoms with E-state index in [0.717, 1.165) is 5.56 Å². The van der Waals surface area contributed by atoms with Crippen LogP contribution in [0.3, 0.4) is 0 Å². The van der Waals surface area contributed by atoms with E-state index in [1.165, 1.54) is 11.1 Å². The number of H-pyrrole nitrogens is 1. The van der Waals surface area contributed by atoms with Gasteiger partial charge in [-0.05, 0) is 38.3 Å². The monoisotopic (exact) mass is 417 g/mol. The Labute approximate surface area is 174 Å². The Balaban J connectivity index is 1.91. The average molecular weight is 417 g/mol. The van der Waals surface area contributed by atoms with Crippen LogP contribution in [0.1, 0.15) is 32.8 Å². The van der Waals surface area contributed by atoms with Crippen molar-refractivity contribution in [2.45, 2.75) is 39.3 Å². The summed E-state index contributed by atoms with van der Waals surface area (Å²) in [6.45, 7) is 6.02. The van der Waals surface area contributed by atoms with E-state index >= 15 is 0 Å². The molecular weight excluding hydrogens is 390 g/mol. The Morgan fingerprint density at radius 3 is 2.50 bits per heavy atom. The van der Waals surface area contributed by atoms with Crippen LogP contribution in [-0.4, -0.2) is 50.9 Å². The van der Waals surface area contributed by atoms with Crippen LogP contribution in [0.15, 0.2) is 35.3 Å². The Hall–Kier alpha value is -3.56. The van der Waals surface area contributed by atoms with Crippen LogP contribution >= 0.6 is 0 Å². The first-order valence-electron chi connectivity index (χ1n) is 9.44. The molecule has 5 N–H and O–H groups in total. The number of alkyl carbamates (subject to hydrolysis) is 1. The summed E-state index contributed by atoms with van der Waals surface area (Å²) in [5.74, 6) is 0.0404. The van der Waals surface area contributed by atoms with Crippen LogP contribution in [0.25, 0.3) is 11.1 Å². The average Bonchev–Trinajstić information content (AvgIpc) is 2.63. The van der Waals surface area contributed by atoms with Gasteiger partial charge >= 0.3 is 12.2 Å². The maximum Gasteiger partial charge on any atom is 0.407 e. The summed E-state index contributed by atoms with van der Waals surface area (Å²) in [5.41, 5.74) is 6.30. The number of aromatic nitrogens is 2. The number of rotatable bonds is 7. The van der Waals surface area contributed by atoms with E-state index in [2.05, 4.69) is 15.3 Å². The molecule has 0 fully saturated rings. The number of hydrogen-bond donors (Lipinski definition) is 4. The summed E-state index contributed by atoms with van der Waals surface area (Å²) in [4.78, 5) is 42.7. The number of benzene rings is 1. The normalized spacial score (nSPS) is 11.0. The third kappa shape index (κ3) is 7.12. The standard InChI is InChI=1S/C20H27N5O5/c1-20(2,3)30-18(27)22-9-4-10-25(19(28)29)12-13-5-7-14(8-6-13)15-11-23-17(21)24-16(15)26/h5-8,11H,4,9-10,12H2,1-3H3,(H,22,27)(H,28,29)(H3,21,23,24,26). The van der Waals surface area contributed by atoms with Crippen molar-refractivity contribution in [3.63, 3.8) is 0 Å². The minimum atomic E-state index is -1.06. The number of nitrogens with zero attached hydrogens (tertiary/aromatic N) is 2. The Bertz CT molecular complexity index is 934. The quantitative estimate of drug-likeness (QED) is 0.505.